The van der Waals surface area contributed by atoms with E-state index in [9.17, 15) is 10.1 Å². The summed E-state index contributed by atoms with van der Waals surface area (Å²) in [6.45, 7) is 4.45. The van der Waals surface area contributed by atoms with E-state index < -0.39 is 5.91 Å². The molecule has 0 spiro atoms. The van der Waals surface area contributed by atoms with Crippen molar-refractivity contribution >= 4 is 29.4 Å². The van der Waals surface area contributed by atoms with Crippen LogP contribution in [0.15, 0.2) is 58.6 Å². The Morgan fingerprint density at radius 2 is 1.94 bits per heavy atom. The third kappa shape index (κ3) is 6.76. The first kappa shape index (κ1) is 23.7. The lowest BCUT2D eigenvalue weighted by atomic mass is 10.1. The number of para-hydroxylation sites is 1. The fourth-order valence-electron chi connectivity index (χ4n) is 2.82. The van der Waals surface area contributed by atoms with E-state index in [0.29, 0.717) is 36.0 Å². The molecule has 170 valence electrons. The van der Waals surface area contributed by atoms with Crippen molar-refractivity contribution in [3.8, 4) is 23.3 Å². The predicted octanol–water partition coefficient (Wildman–Crippen LogP) is 5.04. The first-order valence-electron chi connectivity index (χ1n) is 10.1. The quantitative estimate of drug-likeness (QED) is 0.253. The number of halogens is 1. The highest BCUT2D eigenvalue weighted by Crippen LogP contribution is 2.37. The van der Waals surface area contributed by atoms with Crippen LogP contribution in [0.4, 0.5) is 5.82 Å². The monoisotopic (exact) mass is 467 g/mol. The first-order valence-corrected chi connectivity index (χ1v) is 10.5. The van der Waals surface area contributed by atoms with Gasteiger partial charge in [-0.05, 0) is 49.8 Å². The van der Waals surface area contributed by atoms with Crippen LogP contribution in [0.3, 0.4) is 0 Å². The molecule has 1 N–H and O–H groups in total. The number of rotatable bonds is 10. The molecule has 1 amide bonds. The Hall–Kier alpha value is -3.96. The van der Waals surface area contributed by atoms with Gasteiger partial charge in [-0.15, -0.1) is 0 Å². The van der Waals surface area contributed by atoms with E-state index in [-0.39, 0.29) is 23.0 Å². The smallest absolute Gasteiger partial charge is 0.267 e. The van der Waals surface area contributed by atoms with Crippen LogP contribution < -0.4 is 19.5 Å². The molecule has 0 atom stereocenters. The molecule has 0 unspecified atom stereocenters. The number of aryl methyl sites for hydroxylation is 1. The maximum Gasteiger partial charge on any atom is 0.267 e. The summed E-state index contributed by atoms with van der Waals surface area (Å²) in [5.74, 6) is 1.60. The highest BCUT2D eigenvalue weighted by molar-refractivity contribution is 6.32. The summed E-state index contributed by atoms with van der Waals surface area (Å²) in [5.41, 5.74) is 0.360. The maximum atomic E-state index is 12.4. The Kier molecular flexibility index (Phi) is 8.33. The third-order valence-electron chi connectivity index (χ3n) is 4.22. The molecular weight excluding hydrogens is 446 g/mol. The van der Waals surface area contributed by atoms with Crippen LogP contribution in [0, 0.1) is 18.3 Å². The van der Waals surface area contributed by atoms with Gasteiger partial charge in [-0.1, -0.05) is 35.0 Å². The third-order valence-corrected chi connectivity index (χ3v) is 4.50. The molecule has 1 aromatic heterocycles. The van der Waals surface area contributed by atoms with Crippen LogP contribution in [0.25, 0.3) is 6.08 Å². The second kappa shape index (κ2) is 11.6. The molecule has 0 fully saturated rings. The number of carbonyl (C=O) groups is 1. The van der Waals surface area contributed by atoms with E-state index in [4.69, 9.17) is 30.3 Å². The number of amides is 1. The zero-order chi connectivity index (χ0) is 23.6. The highest BCUT2D eigenvalue weighted by atomic mass is 35.5. The molecule has 3 aromatic rings. The van der Waals surface area contributed by atoms with Crippen molar-refractivity contribution in [1.82, 2.24) is 5.16 Å². The lowest BCUT2D eigenvalue weighted by Crippen LogP contribution is -2.13. The summed E-state index contributed by atoms with van der Waals surface area (Å²) in [6.07, 6.45) is 1.40. The average Bonchev–Trinajstić information content (AvgIpc) is 3.21. The number of aromatic nitrogens is 1. The Morgan fingerprint density at radius 1 is 1.18 bits per heavy atom. The zero-order valence-electron chi connectivity index (χ0n) is 18.1. The maximum absolute atomic E-state index is 12.4. The summed E-state index contributed by atoms with van der Waals surface area (Å²) in [7, 11) is 0. The van der Waals surface area contributed by atoms with E-state index in [1.54, 1.807) is 25.1 Å². The van der Waals surface area contributed by atoms with Gasteiger partial charge in [0.2, 0.25) is 0 Å². The van der Waals surface area contributed by atoms with Crippen LogP contribution in [-0.4, -0.2) is 30.9 Å². The van der Waals surface area contributed by atoms with Gasteiger partial charge in [-0.2, -0.15) is 5.26 Å². The number of nitrogens with zero attached hydrogens (tertiary/aromatic N) is 2. The van der Waals surface area contributed by atoms with Crippen molar-refractivity contribution in [2.24, 2.45) is 0 Å². The Balaban J connectivity index is 1.73. The SMILES string of the molecule is CCOc1cc(C=C(C#N)C(=O)Nc2cc(C)on2)cc(Cl)c1OCCOc1ccccc1. The van der Waals surface area contributed by atoms with Crippen molar-refractivity contribution in [3.05, 3.63) is 70.5 Å². The summed E-state index contributed by atoms with van der Waals surface area (Å²) < 4.78 is 22.0. The predicted molar refractivity (Wildman–Crippen MR) is 124 cm³/mol. The molecule has 0 bridgehead atoms. The van der Waals surface area contributed by atoms with Crippen LogP contribution in [0.1, 0.15) is 18.2 Å². The van der Waals surface area contributed by atoms with Crippen LogP contribution in [0.5, 0.6) is 17.2 Å². The second-order valence-corrected chi connectivity index (χ2v) is 7.13. The van der Waals surface area contributed by atoms with E-state index in [2.05, 4.69) is 10.5 Å². The molecule has 9 heteroatoms. The van der Waals surface area contributed by atoms with E-state index in [1.165, 1.54) is 6.08 Å². The normalized spacial score (nSPS) is 10.9. The van der Waals surface area contributed by atoms with Crippen LogP contribution >= 0.6 is 11.6 Å². The number of anilines is 1. The number of hydrogen-bond donors (Lipinski definition) is 1. The molecule has 2 aromatic carbocycles. The molecule has 0 aliphatic rings. The minimum atomic E-state index is -0.627. The molecule has 1 heterocycles. The number of ether oxygens (including phenoxy) is 3. The van der Waals surface area contributed by atoms with Gasteiger partial charge >= 0.3 is 0 Å². The van der Waals surface area contributed by atoms with Crippen LogP contribution in [-0.2, 0) is 4.79 Å². The van der Waals surface area contributed by atoms with Gasteiger partial charge in [0, 0.05) is 6.07 Å². The number of hydrogen-bond acceptors (Lipinski definition) is 7. The van der Waals surface area contributed by atoms with Crippen molar-refractivity contribution in [2.75, 3.05) is 25.1 Å². The molecule has 3 rings (SSSR count). The van der Waals surface area contributed by atoms with E-state index in [1.807, 2.05) is 43.3 Å². The van der Waals surface area contributed by atoms with Crippen molar-refractivity contribution in [3.63, 3.8) is 0 Å². The largest absolute Gasteiger partial charge is 0.490 e. The molecule has 33 heavy (non-hydrogen) atoms. The summed E-state index contributed by atoms with van der Waals surface area (Å²) in [4.78, 5) is 12.4. The number of benzene rings is 2. The van der Waals surface area contributed by atoms with Gasteiger partial charge in [0.25, 0.3) is 5.91 Å². The van der Waals surface area contributed by atoms with Gasteiger partial charge in [0.05, 0.1) is 11.6 Å². The minimum absolute atomic E-state index is 0.140. The minimum Gasteiger partial charge on any atom is -0.490 e. The Morgan fingerprint density at radius 3 is 2.61 bits per heavy atom. The van der Waals surface area contributed by atoms with E-state index >= 15 is 0 Å². The molecule has 0 aliphatic heterocycles. The Labute approximate surface area is 196 Å². The summed E-state index contributed by atoms with van der Waals surface area (Å²) >= 11 is 6.42. The summed E-state index contributed by atoms with van der Waals surface area (Å²) in [6, 6.07) is 16.0. The highest BCUT2D eigenvalue weighted by Gasteiger charge is 2.15. The van der Waals surface area contributed by atoms with Crippen molar-refractivity contribution in [1.29, 1.82) is 5.26 Å². The number of nitriles is 1. The fraction of sp³-hybridized carbons (Fsp3) is 0.208. The standard InChI is InChI=1S/C24H22ClN3O5/c1-3-30-21-14-17(12-18(15-26)24(29)27-22-11-16(2)33-28-22)13-20(25)23(21)32-10-9-31-19-7-5-4-6-8-19/h4-8,11-14H,3,9-10H2,1-2H3,(H,27,28,29). The van der Waals surface area contributed by atoms with Gasteiger partial charge in [0.15, 0.2) is 17.3 Å². The van der Waals surface area contributed by atoms with E-state index in [0.717, 1.165) is 5.75 Å². The van der Waals surface area contributed by atoms with Crippen molar-refractivity contribution in [2.45, 2.75) is 13.8 Å². The zero-order valence-corrected chi connectivity index (χ0v) is 18.9. The molecule has 8 nitrogen and oxygen atoms in total. The number of nitrogens with one attached hydrogen (secondary N) is 1. The molecule has 0 saturated carbocycles. The van der Waals surface area contributed by atoms with Gasteiger partial charge in [0.1, 0.15) is 36.4 Å². The average molecular weight is 468 g/mol. The second-order valence-electron chi connectivity index (χ2n) is 6.72. The van der Waals surface area contributed by atoms with Gasteiger partial charge < -0.3 is 24.1 Å². The lowest BCUT2D eigenvalue weighted by molar-refractivity contribution is -0.112. The molecule has 0 saturated heterocycles. The molecule has 0 aliphatic carbocycles. The molecular formula is C24H22ClN3O5. The Bertz CT molecular complexity index is 1170. The van der Waals surface area contributed by atoms with Gasteiger partial charge in [-0.25, -0.2) is 0 Å². The van der Waals surface area contributed by atoms with Crippen molar-refractivity contribution < 1.29 is 23.5 Å². The number of carbonyl (C=O) groups excluding carboxylic acids is 1. The fourth-order valence-corrected chi connectivity index (χ4v) is 3.09. The van der Waals surface area contributed by atoms with Crippen LogP contribution in [0.2, 0.25) is 5.02 Å². The van der Waals surface area contributed by atoms with Gasteiger partial charge in [-0.3, -0.25) is 4.79 Å². The first-order chi connectivity index (χ1) is 16.0. The summed E-state index contributed by atoms with van der Waals surface area (Å²) in [5, 5.41) is 15.9. The lowest BCUT2D eigenvalue weighted by Gasteiger charge is -2.15. The topological polar surface area (TPSA) is 107 Å². The molecule has 0 radical (unpaired) electrons.